The SMILES string of the molecule is CNC(Cc1ccccc1Cl)c1cccs1. The number of benzene rings is 1. The zero-order chi connectivity index (χ0) is 11.4. The number of likely N-dealkylation sites (N-methyl/N-ethyl adjacent to an activating group) is 1. The van der Waals surface area contributed by atoms with Crippen molar-refractivity contribution in [1.82, 2.24) is 5.32 Å². The van der Waals surface area contributed by atoms with E-state index in [-0.39, 0.29) is 0 Å². The van der Waals surface area contributed by atoms with E-state index in [1.807, 2.05) is 25.2 Å². The van der Waals surface area contributed by atoms with E-state index in [1.54, 1.807) is 11.3 Å². The summed E-state index contributed by atoms with van der Waals surface area (Å²) in [7, 11) is 1.99. The van der Waals surface area contributed by atoms with Crippen LogP contribution in [0.5, 0.6) is 0 Å². The monoisotopic (exact) mass is 251 g/mol. The van der Waals surface area contributed by atoms with Crippen molar-refractivity contribution in [3.8, 4) is 0 Å². The van der Waals surface area contributed by atoms with Crippen LogP contribution in [0.15, 0.2) is 41.8 Å². The van der Waals surface area contributed by atoms with Crippen molar-refractivity contribution in [2.45, 2.75) is 12.5 Å². The third-order valence-corrected chi connectivity index (χ3v) is 3.97. The predicted molar refractivity (Wildman–Crippen MR) is 71.3 cm³/mol. The molecule has 0 saturated carbocycles. The first-order chi connectivity index (χ1) is 7.81. The molecule has 0 aliphatic heterocycles. The zero-order valence-electron chi connectivity index (χ0n) is 9.11. The van der Waals surface area contributed by atoms with Crippen LogP contribution in [0, 0.1) is 0 Å². The second-order valence-electron chi connectivity index (χ2n) is 3.65. The Kier molecular flexibility index (Phi) is 3.99. The van der Waals surface area contributed by atoms with Crippen LogP contribution in [0.3, 0.4) is 0 Å². The summed E-state index contributed by atoms with van der Waals surface area (Å²) in [5.74, 6) is 0. The highest BCUT2D eigenvalue weighted by atomic mass is 35.5. The molecule has 1 heterocycles. The highest BCUT2D eigenvalue weighted by molar-refractivity contribution is 7.10. The summed E-state index contributed by atoms with van der Waals surface area (Å²) in [6.07, 6.45) is 0.927. The molecule has 0 bridgehead atoms. The summed E-state index contributed by atoms with van der Waals surface area (Å²) in [6, 6.07) is 12.6. The molecule has 0 fully saturated rings. The van der Waals surface area contributed by atoms with Gasteiger partial charge in [0.15, 0.2) is 0 Å². The minimum Gasteiger partial charge on any atom is -0.312 e. The van der Waals surface area contributed by atoms with Gasteiger partial charge in [-0.05, 0) is 36.5 Å². The van der Waals surface area contributed by atoms with Gasteiger partial charge in [-0.15, -0.1) is 11.3 Å². The molecule has 1 atom stereocenters. The number of rotatable bonds is 4. The number of halogens is 1. The largest absolute Gasteiger partial charge is 0.312 e. The van der Waals surface area contributed by atoms with E-state index >= 15 is 0 Å². The Bertz CT molecular complexity index is 439. The van der Waals surface area contributed by atoms with Crippen LogP contribution >= 0.6 is 22.9 Å². The van der Waals surface area contributed by atoms with Gasteiger partial charge in [-0.1, -0.05) is 35.9 Å². The lowest BCUT2D eigenvalue weighted by Gasteiger charge is -2.15. The lowest BCUT2D eigenvalue weighted by Crippen LogP contribution is -2.17. The minimum atomic E-state index is 0.347. The molecule has 0 radical (unpaired) electrons. The summed E-state index contributed by atoms with van der Waals surface area (Å²) in [5, 5.41) is 6.28. The quantitative estimate of drug-likeness (QED) is 0.869. The fraction of sp³-hybridized carbons (Fsp3) is 0.231. The van der Waals surface area contributed by atoms with Crippen LogP contribution in [0.25, 0.3) is 0 Å². The molecule has 16 heavy (non-hydrogen) atoms. The molecule has 0 aliphatic rings. The van der Waals surface area contributed by atoms with Crippen LogP contribution in [0.1, 0.15) is 16.5 Å². The van der Waals surface area contributed by atoms with Crippen LogP contribution < -0.4 is 5.32 Å². The van der Waals surface area contributed by atoms with Gasteiger partial charge in [0.1, 0.15) is 0 Å². The van der Waals surface area contributed by atoms with E-state index in [0.717, 1.165) is 11.4 Å². The van der Waals surface area contributed by atoms with Gasteiger partial charge in [0.05, 0.1) is 0 Å². The van der Waals surface area contributed by atoms with Gasteiger partial charge in [-0.2, -0.15) is 0 Å². The summed E-state index contributed by atoms with van der Waals surface area (Å²) in [5.41, 5.74) is 1.19. The maximum atomic E-state index is 6.16. The Hall–Kier alpha value is -0.830. The number of thiophene rings is 1. The summed E-state index contributed by atoms with van der Waals surface area (Å²) in [4.78, 5) is 1.35. The molecule has 1 unspecified atom stereocenters. The molecule has 3 heteroatoms. The van der Waals surface area contributed by atoms with E-state index in [0.29, 0.717) is 6.04 Å². The summed E-state index contributed by atoms with van der Waals surface area (Å²) < 4.78 is 0. The zero-order valence-corrected chi connectivity index (χ0v) is 10.7. The van der Waals surface area contributed by atoms with Gasteiger partial charge in [-0.25, -0.2) is 0 Å². The number of hydrogen-bond donors (Lipinski definition) is 1. The Balaban J connectivity index is 2.17. The normalized spacial score (nSPS) is 12.6. The van der Waals surface area contributed by atoms with E-state index in [9.17, 15) is 0 Å². The van der Waals surface area contributed by atoms with Gasteiger partial charge < -0.3 is 5.32 Å². The molecule has 2 rings (SSSR count). The van der Waals surface area contributed by atoms with Gasteiger partial charge in [0.2, 0.25) is 0 Å². The molecular formula is C13H14ClNS. The van der Waals surface area contributed by atoms with Gasteiger partial charge in [0.25, 0.3) is 0 Å². The molecule has 1 aromatic heterocycles. The fourth-order valence-corrected chi connectivity index (χ4v) is 2.77. The summed E-state index contributed by atoms with van der Waals surface area (Å²) >= 11 is 7.94. The second kappa shape index (κ2) is 5.48. The molecule has 0 spiro atoms. The van der Waals surface area contributed by atoms with E-state index < -0.39 is 0 Å². The molecule has 2 aromatic rings. The lowest BCUT2D eigenvalue weighted by atomic mass is 10.0. The van der Waals surface area contributed by atoms with Gasteiger partial charge in [0, 0.05) is 15.9 Å². The first kappa shape index (κ1) is 11.6. The average molecular weight is 252 g/mol. The second-order valence-corrected chi connectivity index (χ2v) is 5.04. The maximum Gasteiger partial charge on any atom is 0.0453 e. The molecule has 1 nitrogen and oxygen atoms in total. The highest BCUT2D eigenvalue weighted by Gasteiger charge is 2.12. The van der Waals surface area contributed by atoms with Gasteiger partial charge >= 0.3 is 0 Å². The Morgan fingerprint density at radius 2 is 2.06 bits per heavy atom. The van der Waals surface area contributed by atoms with Crippen molar-refractivity contribution in [2.24, 2.45) is 0 Å². The molecule has 1 aromatic carbocycles. The topological polar surface area (TPSA) is 12.0 Å². The van der Waals surface area contributed by atoms with Crippen molar-refractivity contribution >= 4 is 22.9 Å². The number of hydrogen-bond acceptors (Lipinski definition) is 2. The first-order valence-electron chi connectivity index (χ1n) is 5.25. The van der Waals surface area contributed by atoms with E-state index in [2.05, 4.69) is 28.9 Å². The van der Waals surface area contributed by atoms with Crippen molar-refractivity contribution in [3.63, 3.8) is 0 Å². The minimum absolute atomic E-state index is 0.347. The van der Waals surface area contributed by atoms with Crippen LogP contribution in [0.4, 0.5) is 0 Å². The first-order valence-corrected chi connectivity index (χ1v) is 6.51. The molecule has 1 N–H and O–H groups in total. The van der Waals surface area contributed by atoms with Crippen molar-refractivity contribution in [1.29, 1.82) is 0 Å². The number of nitrogens with one attached hydrogen (secondary N) is 1. The maximum absolute atomic E-state index is 6.16. The molecular weight excluding hydrogens is 238 g/mol. The van der Waals surface area contributed by atoms with Crippen molar-refractivity contribution < 1.29 is 0 Å². The van der Waals surface area contributed by atoms with Crippen LogP contribution in [-0.4, -0.2) is 7.05 Å². The van der Waals surface area contributed by atoms with Crippen LogP contribution in [-0.2, 0) is 6.42 Å². The average Bonchev–Trinajstić information content (AvgIpc) is 2.81. The van der Waals surface area contributed by atoms with Gasteiger partial charge in [-0.3, -0.25) is 0 Å². The smallest absolute Gasteiger partial charge is 0.0453 e. The molecule has 0 saturated heterocycles. The van der Waals surface area contributed by atoms with E-state index in [1.165, 1.54) is 10.4 Å². The molecule has 84 valence electrons. The molecule has 0 amide bonds. The Labute approximate surface area is 105 Å². The third kappa shape index (κ3) is 2.64. The highest BCUT2D eigenvalue weighted by Crippen LogP contribution is 2.25. The van der Waals surface area contributed by atoms with Crippen LogP contribution in [0.2, 0.25) is 5.02 Å². The summed E-state index contributed by atoms with van der Waals surface area (Å²) in [6.45, 7) is 0. The fourth-order valence-electron chi connectivity index (χ4n) is 1.72. The van der Waals surface area contributed by atoms with Crippen molar-refractivity contribution in [2.75, 3.05) is 7.05 Å². The molecule has 0 aliphatic carbocycles. The third-order valence-electron chi connectivity index (χ3n) is 2.62. The standard InChI is InChI=1S/C13H14ClNS/c1-15-12(13-7-4-8-16-13)9-10-5-2-3-6-11(10)14/h2-8,12,15H,9H2,1H3. The lowest BCUT2D eigenvalue weighted by molar-refractivity contribution is 0.602. The Morgan fingerprint density at radius 3 is 2.69 bits per heavy atom. The van der Waals surface area contributed by atoms with E-state index in [4.69, 9.17) is 11.6 Å². The predicted octanol–water partition coefficient (Wildman–Crippen LogP) is 3.90. The Morgan fingerprint density at radius 1 is 1.25 bits per heavy atom. The van der Waals surface area contributed by atoms with Crippen molar-refractivity contribution in [3.05, 3.63) is 57.2 Å².